The number of benzene rings is 2. The van der Waals surface area contributed by atoms with Crippen LogP contribution < -0.4 is 5.32 Å². The number of furan rings is 1. The Labute approximate surface area is 184 Å². The number of carbonyl (C=O) groups is 1. The third-order valence-corrected chi connectivity index (χ3v) is 6.21. The Morgan fingerprint density at radius 2 is 1.77 bits per heavy atom. The number of nitrogens with zero attached hydrogens (tertiary/aromatic N) is 3. The summed E-state index contributed by atoms with van der Waals surface area (Å²) in [6.07, 6.45) is 3.37. The molecule has 0 atom stereocenters. The second kappa shape index (κ2) is 8.28. The van der Waals surface area contributed by atoms with Gasteiger partial charge in [0.1, 0.15) is 0 Å². The van der Waals surface area contributed by atoms with Gasteiger partial charge in [0.2, 0.25) is 11.7 Å². The third kappa shape index (κ3) is 3.57. The lowest BCUT2D eigenvalue weighted by Crippen LogP contribution is -2.29. The summed E-state index contributed by atoms with van der Waals surface area (Å²) < 4.78 is 7.35. The Hall–Kier alpha value is -3.58. The molecule has 4 aromatic rings. The summed E-state index contributed by atoms with van der Waals surface area (Å²) >= 11 is 1.35. The molecule has 1 amide bonds. The van der Waals surface area contributed by atoms with Crippen LogP contribution in [-0.4, -0.2) is 26.4 Å². The normalized spacial score (nSPS) is 12.4. The van der Waals surface area contributed by atoms with E-state index < -0.39 is 0 Å². The predicted octanol–water partition coefficient (Wildman–Crippen LogP) is 4.70. The molecule has 0 radical (unpaired) electrons. The molecule has 1 N–H and O–H groups in total. The van der Waals surface area contributed by atoms with Gasteiger partial charge in [0.15, 0.2) is 10.9 Å². The zero-order chi connectivity index (χ0) is 21.2. The van der Waals surface area contributed by atoms with Crippen molar-refractivity contribution < 1.29 is 9.21 Å². The number of hydrogen-bond donors (Lipinski definition) is 1. The van der Waals surface area contributed by atoms with E-state index >= 15 is 0 Å². The van der Waals surface area contributed by atoms with Crippen LogP contribution in [0.4, 0.5) is 0 Å². The van der Waals surface area contributed by atoms with Gasteiger partial charge in [-0.2, -0.15) is 0 Å². The van der Waals surface area contributed by atoms with Crippen LogP contribution in [0.3, 0.4) is 0 Å². The summed E-state index contributed by atoms with van der Waals surface area (Å²) in [6, 6.07) is 19.9. The van der Waals surface area contributed by atoms with Crippen molar-refractivity contribution >= 4 is 17.7 Å². The van der Waals surface area contributed by atoms with Crippen LogP contribution in [0.25, 0.3) is 22.7 Å². The van der Waals surface area contributed by atoms with Crippen LogP contribution in [-0.2, 0) is 11.3 Å². The summed E-state index contributed by atoms with van der Waals surface area (Å²) in [5.74, 6) is 1.42. The number of hydrogen-bond acceptors (Lipinski definition) is 5. The number of allylic oxidation sites excluding steroid dienone is 1. The van der Waals surface area contributed by atoms with E-state index in [9.17, 15) is 4.79 Å². The highest BCUT2D eigenvalue weighted by Crippen LogP contribution is 2.43. The summed E-state index contributed by atoms with van der Waals surface area (Å²) in [5.41, 5.74) is 4.59. The molecule has 0 saturated heterocycles. The Bertz CT molecular complexity index is 1200. The lowest BCUT2D eigenvalue weighted by atomic mass is 10.1. The highest BCUT2D eigenvalue weighted by Gasteiger charge is 2.29. The van der Waals surface area contributed by atoms with Crippen molar-refractivity contribution in [3.8, 4) is 22.7 Å². The summed E-state index contributed by atoms with van der Waals surface area (Å²) in [7, 11) is 0. The van der Waals surface area contributed by atoms with Gasteiger partial charge < -0.3 is 9.73 Å². The van der Waals surface area contributed by atoms with Gasteiger partial charge >= 0.3 is 0 Å². The maximum absolute atomic E-state index is 12.9. The second-order valence-electron chi connectivity index (χ2n) is 7.15. The van der Waals surface area contributed by atoms with Gasteiger partial charge in [-0.1, -0.05) is 66.4 Å². The number of fused-ring (bicyclic) bond motifs is 3. The molecule has 2 aromatic heterocycles. The van der Waals surface area contributed by atoms with E-state index in [1.165, 1.54) is 22.9 Å². The number of rotatable bonds is 7. The molecule has 0 unspecified atom stereocenters. The number of nitrogens with one attached hydrogen (secondary N) is 1. The standard InChI is InChI=1S/C24H20N4O2S/c1-2-13-28-23(20-12-7-14-30-20)26-27-24(28)31-15-21(29)25-22-18-10-5-3-8-16(18)17-9-4-6-11-19(17)22/h2-12,14,22H,1,13,15H2,(H,25,29). The van der Waals surface area contributed by atoms with E-state index in [0.29, 0.717) is 23.3 Å². The third-order valence-electron chi connectivity index (χ3n) is 5.24. The predicted molar refractivity (Wildman–Crippen MR) is 121 cm³/mol. The Kier molecular flexibility index (Phi) is 5.18. The van der Waals surface area contributed by atoms with E-state index in [-0.39, 0.29) is 17.7 Å². The molecule has 2 heterocycles. The van der Waals surface area contributed by atoms with E-state index in [0.717, 1.165) is 11.1 Å². The first-order valence-electron chi connectivity index (χ1n) is 9.94. The molecule has 0 fully saturated rings. The van der Waals surface area contributed by atoms with E-state index in [2.05, 4.69) is 46.4 Å². The zero-order valence-corrected chi connectivity index (χ0v) is 17.5. The topological polar surface area (TPSA) is 73.0 Å². The van der Waals surface area contributed by atoms with Crippen molar-refractivity contribution in [2.24, 2.45) is 0 Å². The molecular formula is C24H20N4O2S. The minimum atomic E-state index is -0.148. The second-order valence-corrected chi connectivity index (χ2v) is 8.09. The van der Waals surface area contributed by atoms with Crippen LogP contribution in [0.2, 0.25) is 0 Å². The molecule has 31 heavy (non-hydrogen) atoms. The maximum atomic E-state index is 12.9. The van der Waals surface area contributed by atoms with E-state index in [1.807, 2.05) is 34.9 Å². The lowest BCUT2D eigenvalue weighted by molar-refractivity contribution is -0.119. The minimum Gasteiger partial charge on any atom is -0.461 e. The number of aromatic nitrogens is 3. The molecule has 0 bridgehead atoms. The minimum absolute atomic E-state index is 0.0609. The van der Waals surface area contributed by atoms with Gasteiger partial charge in [-0.25, -0.2) is 0 Å². The Balaban J connectivity index is 1.33. The first-order chi connectivity index (χ1) is 15.3. The van der Waals surface area contributed by atoms with Crippen LogP contribution >= 0.6 is 11.8 Å². The Morgan fingerprint density at radius 1 is 1.06 bits per heavy atom. The van der Waals surface area contributed by atoms with Crippen molar-refractivity contribution in [3.63, 3.8) is 0 Å². The molecule has 1 aliphatic rings. The fourth-order valence-corrected chi connectivity index (χ4v) is 4.68. The van der Waals surface area contributed by atoms with Crippen LogP contribution in [0, 0.1) is 0 Å². The average Bonchev–Trinajstić information content (AvgIpc) is 3.52. The van der Waals surface area contributed by atoms with Crippen LogP contribution in [0.5, 0.6) is 0 Å². The number of thioether (sulfide) groups is 1. The highest BCUT2D eigenvalue weighted by atomic mass is 32.2. The van der Waals surface area contributed by atoms with Gasteiger partial charge in [-0.05, 0) is 34.4 Å². The van der Waals surface area contributed by atoms with Gasteiger partial charge in [0.05, 0.1) is 18.1 Å². The number of carbonyl (C=O) groups excluding carboxylic acids is 1. The lowest BCUT2D eigenvalue weighted by Gasteiger charge is -2.16. The monoisotopic (exact) mass is 428 g/mol. The molecule has 2 aromatic carbocycles. The molecule has 0 aliphatic heterocycles. The smallest absolute Gasteiger partial charge is 0.231 e. The fourth-order valence-electron chi connectivity index (χ4n) is 3.92. The first kappa shape index (κ1) is 19.4. The summed E-state index contributed by atoms with van der Waals surface area (Å²) in [5, 5.41) is 12.3. The molecule has 6 nitrogen and oxygen atoms in total. The Morgan fingerprint density at radius 3 is 2.42 bits per heavy atom. The molecule has 0 spiro atoms. The van der Waals surface area contributed by atoms with Gasteiger partial charge in [-0.3, -0.25) is 9.36 Å². The van der Waals surface area contributed by atoms with E-state index in [1.54, 1.807) is 18.4 Å². The van der Waals surface area contributed by atoms with Crippen molar-refractivity contribution in [1.29, 1.82) is 0 Å². The highest BCUT2D eigenvalue weighted by molar-refractivity contribution is 7.99. The molecule has 154 valence electrons. The summed E-state index contributed by atoms with van der Waals surface area (Å²) in [4.78, 5) is 12.9. The van der Waals surface area contributed by atoms with Crippen molar-refractivity contribution in [3.05, 3.63) is 90.7 Å². The van der Waals surface area contributed by atoms with Crippen LogP contribution in [0.15, 0.2) is 89.2 Å². The fraction of sp³-hybridized carbons (Fsp3) is 0.125. The quantitative estimate of drug-likeness (QED) is 0.341. The first-order valence-corrected chi connectivity index (χ1v) is 10.9. The molecule has 5 rings (SSSR count). The van der Waals surface area contributed by atoms with Gasteiger partial charge in [-0.15, -0.1) is 16.8 Å². The number of amides is 1. The average molecular weight is 429 g/mol. The maximum Gasteiger partial charge on any atom is 0.231 e. The largest absolute Gasteiger partial charge is 0.461 e. The van der Waals surface area contributed by atoms with Crippen molar-refractivity contribution in [2.75, 3.05) is 5.75 Å². The molecule has 0 saturated carbocycles. The molecule has 1 aliphatic carbocycles. The SMILES string of the molecule is C=CCn1c(SCC(=O)NC2c3ccccc3-c3ccccc32)nnc1-c1ccco1. The molecular weight excluding hydrogens is 408 g/mol. The zero-order valence-electron chi connectivity index (χ0n) is 16.7. The van der Waals surface area contributed by atoms with Gasteiger partial charge in [0, 0.05) is 6.54 Å². The van der Waals surface area contributed by atoms with Crippen molar-refractivity contribution in [1.82, 2.24) is 20.1 Å². The summed E-state index contributed by atoms with van der Waals surface area (Å²) in [6.45, 7) is 4.33. The molecule has 7 heteroatoms. The van der Waals surface area contributed by atoms with E-state index in [4.69, 9.17) is 4.42 Å². The van der Waals surface area contributed by atoms with Gasteiger partial charge in [0.25, 0.3) is 0 Å². The van der Waals surface area contributed by atoms with Crippen LogP contribution in [0.1, 0.15) is 17.2 Å². The van der Waals surface area contributed by atoms with Crippen molar-refractivity contribution in [2.45, 2.75) is 17.7 Å².